The Bertz CT molecular complexity index is 573. The summed E-state index contributed by atoms with van der Waals surface area (Å²) in [6.07, 6.45) is 1.01. The van der Waals surface area contributed by atoms with Gasteiger partial charge in [0.25, 0.3) is 0 Å². The number of hydrogen-bond acceptors (Lipinski definition) is 3. The number of aryl methyl sites for hydroxylation is 3. The number of thiazole rings is 1. The fraction of sp³-hybridized carbons (Fsp3) is 0.333. The summed E-state index contributed by atoms with van der Waals surface area (Å²) in [7, 11) is 0. The maximum absolute atomic E-state index is 12.7. The molecule has 1 heterocycles. The monoisotopic (exact) mass is 292 g/mol. The summed E-state index contributed by atoms with van der Waals surface area (Å²) in [4.78, 5) is 17.3. The molecule has 2 aromatic rings. The van der Waals surface area contributed by atoms with Crippen molar-refractivity contribution < 1.29 is 9.18 Å². The van der Waals surface area contributed by atoms with Crippen molar-refractivity contribution in [1.82, 2.24) is 10.3 Å². The van der Waals surface area contributed by atoms with E-state index in [1.807, 2.05) is 13.8 Å². The molecule has 0 aliphatic heterocycles. The Morgan fingerprint density at radius 3 is 2.60 bits per heavy atom. The van der Waals surface area contributed by atoms with E-state index < -0.39 is 0 Å². The van der Waals surface area contributed by atoms with Crippen LogP contribution in [0.25, 0.3) is 0 Å². The molecule has 3 nitrogen and oxygen atoms in total. The van der Waals surface area contributed by atoms with Gasteiger partial charge in [0.2, 0.25) is 5.91 Å². The van der Waals surface area contributed by atoms with Gasteiger partial charge in [-0.25, -0.2) is 9.37 Å². The number of nitrogens with zero attached hydrogens (tertiary/aromatic N) is 1. The highest BCUT2D eigenvalue weighted by atomic mass is 32.1. The number of rotatable bonds is 5. The van der Waals surface area contributed by atoms with E-state index in [1.54, 1.807) is 23.5 Å². The molecule has 1 amide bonds. The van der Waals surface area contributed by atoms with Gasteiger partial charge in [0, 0.05) is 11.3 Å². The summed E-state index contributed by atoms with van der Waals surface area (Å²) in [6.45, 7) is 4.46. The van der Waals surface area contributed by atoms with Crippen LogP contribution < -0.4 is 5.32 Å². The van der Waals surface area contributed by atoms with Gasteiger partial charge in [0.15, 0.2) is 0 Å². The molecule has 1 aromatic carbocycles. The molecular formula is C15H17FN2OS. The summed E-state index contributed by atoms with van der Waals surface area (Å²) in [6, 6.07) is 6.23. The van der Waals surface area contributed by atoms with E-state index in [-0.39, 0.29) is 11.7 Å². The Kier molecular flexibility index (Phi) is 4.84. The summed E-state index contributed by atoms with van der Waals surface area (Å²) < 4.78 is 12.7. The number of benzene rings is 1. The van der Waals surface area contributed by atoms with Crippen LogP contribution in [0.3, 0.4) is 0 Å². The van der Waals surface area contributed by atoms with Crippen molar-refractivity contribution >= 4 is 17.2 Å². The summed E-state index contributed by atoms with van der Waals surface area (Å²) in [5.74, 6) is -0.271. The second-order valence-corrected chi connectivity index (χ2v) is 5.94. The third-order valence-electron chi connectivity index (χ3n) is 3.06. The molecule has 106 valence electrons. The van der Waals surface area contributed by atoms with Crippen LogP contribution in [0.2, 0.25) is 0 Å². The van der Waals surface area contributed by atoms with Crippen LogP contribution in [0, 0.1) is 19.7 Å². The summed E-state index contributed by atoms with van der Waals surface area (Å²) in [5.41, 5.74) is 1.98. The average Bonchev–Trinajstić information content (AvgIpc) is 2.75. The number of carbonyl (C=O) groups excluding carboxylic acids is 1. The van der Waals surface area contributed by atoms with Crippen molar-refractivity contribution in [2.45, 2.75) is 33.2 Å². The van der Waals surface area contributed by atoms with Gasteiger partial charge in [0.1, 0.15) is 10.8 Å². The lowest BCUT2D eigenvalue weighted by molar-refractivity contribution is -0.121. The molecule has 1 aromatic heterocycles. The molecular weight excluding hydrogens is 275 g/mol. The van der Waals surface area contributed by atoms with E-state index in [4.69, 9.17) is 0 Å². The summed E-state index contributed by atoms with van der Waals surface area (Å²) in [5, 5.41) is 3.78. The first-order chi connectivity index (χ1) is 9.54. The Morgan fingerprint density at radius 1 is 1.30 bits per heavy atom. The van der Waals surface area contributed by atoms with Crippen molar-refractivity contribution in [1.29, 1.82) is 0 Å². The van der Waals surface area contributed by atoms with Crippen LogP contribution in [0.15, 0.2) is 24.3 Å². The van der Waals surface area contributed by atoms with Crippen molar-refractivity contribution in [2.75, 3.05) is 0 Å². The molecule has 2 rings (SSSR count). The zero-order valence-corrected chi connectivity index (χ0v) is 12.4. The van der Waals surface area contributed by atoms with Crippen molar-refractivity contribution in [2.24, 2.45) is 0 Å². The van der Waals surface area contributed by atoms with Crippen molar-refractivity contribution in [3.63, 3.8) is 0 Å². The first-order valence-corrected chi connectivity index (χ1v) is 7.30. The predicted octanol–water partition coefficient (Wildman–Crippen LogP) is 3.15. The van der Waals surface area contributed by atoms with Crippen LogP contribution in [0.5, 0.6) is 0 Å². The Balaban J connectivity index is 1.76. The number of carbonyl (C=O) groups is 1. The third kappa shape index (κ3) is 4.13. The smallest absolute Gasteiger partial charge is 0.220 e. The van der Waals surface area contributed by atoms with Gasteiger partial charge in [-0.3, -0.25) is 4.79 Å². The first kappa shape index (κ1) is 14.7. The standard InChI is InChI=1S/C15H17FN2OS/c1-10-11(2)20-15(18-10)9-17-14(19)8-5-12-3-6-13(16)7-4-12/h3-4,6-7H,5,8-9H2,1-2H3,(H,17,19). The van der Waals surface area contributed by atoms with Gasteiger partial charge in [-0.05, 0) is 38.0 Å². The fourth-order valence-corrected chi connectivity index (χ4v) is 2.66. The largest absolute Gasteiger partial charge is 0.350 e. The lowest BCUT2D eigenvalue weighted by atomic mass is 10.1. The number of hydrogen-bond donors (Lipinski definition) is 1. The number of halogens is 1. The number of amides is 1. The molecule has 20 heavy (non-hydrogen) atoms. The van der Waals surface area contributed by atoms with Crippen LogP contribution in [0.1, 0.15) is 27.6 Å². The van der Waals surface area contributed by atoms with Gasteiger partial charge in [-0.1, -0.05) is 12.1 Å². The minimum atomic E-state index is -0.257. The Morgan fingerprint density at radius 2 is 2.00 bits per heavy atom. The Labute approximate surface area is 121 Å². The minimum Gasteiger partial charge on any atom is -0.350 e. The molecule has 0 fully saturated rings. The van der Waals surface area contributed by atoms with Gasteiger partial charge < -0.3 is 5.32 Å². The molecule has 5 heteroatoms. The Hall–Kier alpha value is -1.75. The highest BCUT2D eigenvalue weighted by Gasteiger charge is 2.06. The average molecular weight is 292 g/mol. The third-order valence-corrected chi connectivity index (χ3v) is 4.14. The van der Waals surface area contributed by atoms with Crippen molar-refractivity contribution in [3.8, 4) is 0 Å². The zero-order chi connectivity index (χ0) is 14.5. The van der Waals surface area contributed by atoms with E-state index in [2.05, 4.69) is 10.3 Å². The van der Waals surface area contributed by atoms with Gasteiger partial charge in [0.05, 0.1) is 12.2 Å². The number of aromatic nitrogens is 1. The zero-order valence-electron chi connectivity index (χ0n) is 11.6. The molecule has 0 radical (unpaired) electrons. The minimum absolute atomic E-state index is 0.0140. The SMILES string of the molecule is Cc1nc(CNC(=O)CCc2ccc(F)cc2)sc1C. The van der Waals surface area contributed by atoms with Gasteiger partial charge >= 0.3 is 0 Å². The fourth-order valence-electron chi connectivity index (χ4n) is 1.79. The van der Waals surface area contributed by atoms with Gasteiger partial charge in [-0.2, -0.15) is 0 Å². The lowest BCUT2D eigenvalue weighted by Crippen LogP contribution is -2.22. The second kappa shape index (κ2) is 6.61. The molecule has 1 N–H and O–H groups in total. The molecule has 0 saturated heterocycles. The van der Waals surface area contributed by atoms with Gasteiger partial charge in [-0.15, -0.1) is 11.3 Å². The first-order valence-electron chi connectivity index (χ1n) is 6.48. The maximum Gasteiger partial charge on any atom is 0.220 e. The molecule has 0 aliphatic rings. The predicted molar refractivity (Wildman–Crippen MR) is 78.2 cm³/mol. The lowest BCUT2D eigenvalue weighted by Gasteiger charge is -2.03. The topological polar surface area (TPSA) is 42.0 Å². The van der Waals surface area contributed by atoms with Crippen LogP contribution in [-0.2, 0) is 17.8 Å². The highest BCUT2D eigenvalue weighted by Crippen LogP contribution is 2.16. The van der Waals surface area contributed by atoms with E-state index >= 15 is 0 Å². The molecule has 0 unspecified atom stereocenters. The molecule has 0 spiro atoms. The summed E-state index contributed by atoms with van der Waals surface area (Å²) >= 11 is 1.60. The van der Waals surface area contributed by atoms with E-state index in [9.17, 15) is 9.18 Å². The van der Waals surface area contributed by atoms with Crippen LogP contribution in [0.4, 0.5) is 4.39 Å². The second-order valence-electron chi connectivity index (χ2n) is 4.65. The maximum atomic E-state index is 12.7. The normalized spacial score (nSPS) is 10.6. The molecule has 0 aliphatic carbocycles. The number of nitrogens with one attached hydrogen (secondary N) is 1. The van der Waals surface area contributed by atoms with Crippen molar-refractivity contribution in [3.05, 3.63) is 51.2 Å². The van der Waals surface area contributed by atoms with Crippen LogP contribution >= 0.6 is 11.3 Å². The highest BCUT2D eigenvalue weighted by molar-refractivity contribution is 7.11. The molecule has 0 bridgehead atoms. The molecule has 0 atom stereocenters. The quantitative estimate of drug-likeness (QED) is 0.920. The van der Waals surface area contributed by atoms with E-state index in [1.165, 1.54) is 17.0 Å². The van der Waals surface area contributed by atoms with E-state index in [0.717, 1.165) is 16.3 Å². The molecule has 0 saturated carbocycles. The van der Waals surface area contributed by atoms with E-state index in [0.29, 0.717) is 19.4 Å². The van der Waals surface area contributed by atoms with Crippen LogP contribution in [-0.4, -0.2) is 10.9 Å².